The van der Waals surface area contributed by atoms with E-state index in [2.05, 4.69) is 24.0 Å². The SMILES string of the molecule is CC1CCCC(C)N1/N=C/c1ccccc1C(=O)O. The Balaban J connectivity index is 2.20. The van der Waals surface area contributed by atoms with Crippen LogP contribution < -0.4 is 0 Å². The number of nitrogens with zero attached hydrogens (tertiary/aromatic N) is 2. The summed E-state index contributed by atoms with van der Waals surface area (Å²) in [4.78, 5) is 11.1. The van der Waals surface area contributed by atoms with E-state index >= 15 is 0 Å². The van der Waals surface area contributed by atoms with E-state index in [1.54, 1.807) is 24.4 Å². The lowest BCUT2D eigenvalue weighted by atomic mass is 10.00. The second kappa shape index (κ2) is 5.87. The molecule has 1 saturated heterocycles. The third kappa shape index (κ3) is 3.13. The molecule has 1 heterocycles. The fraction of sp³-hybridized carbons (Fsp3) is 0.467. The fourth-order valence-electron chi connectivity index (χ4n) is 2.57. The minimum atomic E-state index is -0.915. The molecule has 2 unspecified atom stereocenters. The average molecular weight is 260 g/mol. The molecule has 1 aromatic rings. The van der Waals surface area contributed by atoms with Gasteiger partial charge < -0.3 is 5.11 Å². The molecule has 1 aliphatic heterocycles. The summed E-state index contributed by atoms with van der Waals surface area (Å²) in [6.45, 7) is 4.33. The summed E-state index contributed by atoms with van der Waals surface area (Å²) in [7, 11) is 0. The number of rotatable bonds is 3. The maximum atomic E-state index is 11.1. The van der Waals surface area contributed by atoms with Crippen LogP contribution in [0.25, 0.3) is 0 Å². The molecule has 2 atom stereocenters. The molecule has 0 radical (unpaired) electrons. The van der Waals surface area contributed by atoms with Crippen molar-refractivity contribution in [2.45, 2.75) is 45.2 Å². The number of hydrogen-bond donors (Lipinski definition) is 1. The van der Waals surface area contributed by atoms with Crippen LogP contribution in [0.15, 0.2) is 29.4 Å². The zero-order chi connectivity index (χ0) is 13.8. The fourth-order valence-corrected chi connectivity index (χ4v) is 2.57. The Morgan fingerprint density at radius 3 is 2.58 bits per heavy atom. The van der Waals surface area contributed by atoms with Crippen LogP contribution in [0.3, 0.4) is 0 Å². The highest BCUT2D eigenvalue weighted by Crippen LogP contribution is 2.22. The first kappa shape index (κ1) is 13.6. The molecule has 1 aromatic carbocycles. The Labute approximate surface area is 113 Å². The van der Waals surface area contributed by atoms with Crippen LogP contribution in [0.4, 0.5) is 0 Å². The number of carboxylic acids is 1. The molecule has 19 heavy (non-hydrogen) atoms. The van der Waals surface area contributed by atoms with Crippen LogP contribution in [-0.2, 0) is 0 Å². The van der Waals surface area contributed by atoms with Gasteiger partial charge in [-0.3, -0.25) is 5.01 Å². The Bertz CT molecular complexity index is 475. The van der Waals surface area contributed by atoms with E-state index in [9.17, 15) is 4.79 Å². The number of aromatic carboxylic acids is 1. The summed E-state index contributed by atoms with van der Waals surface area (Å²) in [6.07, 6.45) is 5.19. The van der Waals surface area contributed by atoms with Crippen molar-refractivity contribution >= 4 is 12.2 Å². The summed E-state index contributed by atoms with van der Waals surface area (Å²) in [5, 5.41) is 15.7. The summed E-state index contributed by atoms with van der Waals surface area (Å²) in [6, 6.07) is 7.77. The van der Waals surface area contributed by atoms with Gasteiger partial charge in [0.05, 0.1) is 11.8 Å². The molecule has 0 aromatic heterocycles. The van der Waals surface area contributed by atoms with Crippen molar-refractivity contribution in [1.82, 2.24) is 5.01 Å². The van der Waals surface area contributed by atoms with Crippen molar-refractivity contribution in [2.75, 3.05) is 0 Å². The quantitative estimate of drug-likeness (QED) is 0.850. The minimum absolute atomic E-state index is 0.295. The first-order chi connectivity index (χ1) is 9.09. The van der Waals surface area contributed by atoms with E-state index in [-0.39, 0.29) is 0 Å². The Hall–Kier alpha value is -1.84. The molecule has 1 aliphatic rings. The molecule has 0 saturated carbocycles. The van der Waals surface area contributed by atoms with Crippen LogP contribution in [0, 0.1) is 0 Å². The van der Waals surface area contributed by atoms with Crippen molar-refractivity contribution in [3.63, 3.8) is 0 Å². The number of benzene rings is 1. The number of hydrazone groups is 1. The maximum Gasteiger partial charge on any atom is 0.336 e. The molecular formula is C15H20N2O2. The molecule has 2 rings (SSSR count). The monoisotopic (exact) mass is 260 g/mol. The van der Waals surface area contributed by atoms with Crippen LogP contribution in [0.5, 0.6) is 0 Å². The third-order valence-corrected chi connectivity index (χ3v) is 3.67. The van der Waals surface area contributed by atoms with E-state index in [0.29, 0.717) is 23.2 Å². The lowest BCUT2D eigenvalue weighted by Gasteiger charge is -2.36. The van der Waals surface area contributed by atoms with Crippen LogP contribution in [0.2, 0.25) is 0 Å². The normalized spacial score (nSPS) is 23.8. The second-order valence-corrected chi connectivity index (χ2v) is 5.15. The molecule has 1 N–H and O–H groups in total. The van der Waals surface area contributed by atoms with Gasteiger partial charge in [0.25, 0.3) is 0 Å². The predicted molar refractivity (Wildman–Crippen MR) is 75.6 cm³/mol. The highest BCUT2D eigenvalue weighted by Gasteiger charge is 2.22. The van der Waals surface area contributed by atoms with E-state index in [1.165, 1.54) is 6.42 Å². The first-order valence-corrected chi connectivity index (χ1v) is 6.74. The smallest absolute Gasteiger partial charge is 0.336 e. The highest BCUT2D eigenvalue weighted by molar-refractivity contribution is 5.98. The van der Waals surface area contributed by atoms with Gasteiger partial charge in [0.2, 0.25) is 0 Å². The number of carboxylic acid groups (broad SMARTS) is 1. The van der Waals surface area contributed by atoms with Gasteiger partial charge >= 0.3 is 5.97 Å². The minimum Gasteiger partial charge on any atom is -0.478 e. The Kier molecular flexibility index (Phi) is 4.20. The number of carbonyl (C=O) groups is 1. The van der Waals surface area contributed by atoms with Gasteiger partial charge in [0.15, 0.2) is 0 Å². The second-order valence-electron chi connectivity index (χ2n) is 5.15. The van der Waals surface area contributed by atoms with Crippen LogP contribution in [0.1, 0.15) is 49.0 Å². The topological polar surface area (TPSA) is 52.9 Å². The standard InChI is InChI=1S/C15H20N2O2/c1-11-6-5-7-12(2)17(11)16-10-13-8-3-4-9-14(13)15(18)19/h3-4,8-12H,5-7H2,1-2H3,(H,18,19)/b16-10+. The molecular weight excluding hydrogens is 240 g/mol. The van der Waals surface area contributed by atoms with Crippen molar-refractivity contribution in [2.24, 2.45) is 5.10 Å². The zero-order valence-corrected chi connectivity index (χ0v) is 11.4. The molecule has 0 bridgehead atoms. The largest absolute Gasteiger partial charge is 0.478 e. The van der Waals surface area contributed by atoms with E-state index < -0.39 is 5.97 Å². The van der Waals surface area contributed by atoms with Gasteiger partial charge in [-0.1, -0.05) is 18.2 Å². The van der Waals surface area contributed by atoms with E-state index in [1.807, 2.05) is 6.07 Å². The van der Waals surface area contributed by atoms with Crippen molar-refractivity contribution in [3.05, 3.63) is 35.4 Å². The van der Waals surface area contributed by atoms with E-state index in [0.717, 1.165) is 12.8 Å². The lowest BCUT2D eigenvalue weighted by molar-refractivity contribution is 0.0696. The highest BCUT2D eigenvalue weighted by atomic mass is 16.4. The number of piperidine rings is 1. The van der Waals surface area contributed by atoms with Gasteiger partial charge in [0.1, 0.15) is 0 Å². The maximum absolute atomic E-state index is 11.1. The van der Waals surface area contributed by atoms with Gasteiger partial charge in [0, 0.05) is 17.6 Å². The molecule has 0 amide bonds. The lowest BCUT2D eigenvalue weighted by Crippen LogP contribution is -2.39. The molecule has 4 nitrogen and oxygen atoms in total. The van der Waals surface area contributed by atoms with Crippen molar-refractivity contribution in [3.8, 4) is 0 Å². The van der Waals surface area contributed by atoms with Crippen LogP contribution >= 0.6 is 0 Å². The predicted octanol–water partition coefficient (Wildman–Crippen LogP) is 2.98. The Morgan fingerprint density at radius 1 is 1.32 bits per heavy atom. The summed E-state index contributed by atoms with van der Waals surface area (Å²) in [5.74, 6) is -0.915. The van der Waals surface area contributed by atoms with Crippen LogP contribution in [-0.4, -0.2) is 34.4 Å². The third-order valence-electron chi connectivity index (χ3n) is 3.67. The molecule has 4 heteroatoms. The molecule has 1 fully saturated rings. The van der Waals surface area contributed by atoms with Crippen molar-refractivity contribution < 1.29 is 9.90 Å². The van der Waals surface area contributed by atoms with Gasteiger partial charge in [-0.25, -0.2) is 4.79 Å². The molecule has 102 valence electrons. The molecule has 0 aliphatic carbocycles. The van der Waals surface area contributed by atoms with Gasteiger partial charge in [-0.15, -0.1) is 0 Å². The van der Waals surface area contributed by atoms with Crippen molar-refractivity contribution in [1.29, 1.82) is 0 Å². The molecule has 0 spiro atoms. The van der Waals surface area contributed by atoms with E-state index in [4.69, 9.17) is 5.11 Å². The van der Waals surface area contributed by atoms with Gasteiger partial charge in [-0.2, -0.15) is 5.10 Å². The Morgan fingerprint density at radius 2 is 1.95 bits per heavy atom. The summed E-state index contributed by atoms with van der Waals surface area (Å²) >= 11 is 0. The van der Waals surface area contributed by atoms with Gasteiger partial charge in [-0.05, 0) is 39.2 Å². The summed E-state index contributed by atoms with van der Waals surface area (Å²) < 4.78 is 0. The first-order valence-electron chi connectivity index (χ1n) is 6.74. The average Bonchev–Trinajstić information content (AvgIpc) is 2.38. The summed E-state index contributed by atoms with van der Waals surface area (Å²) in [5.41, 5.74) is 0.948. The number of hydrogen-bond acceptors (Lipinski definition) is 3. The zero-order valence-electron chi connectivity index (χ0n) is 11.4.